The predicted octanol–water partition coefficient (Wildman–Crippen LogP) is 3.06. The highest BCUT2D eigenvalue weighted by Crippen LogP contribution is 2.11. The van der Waals surface area contributed by atoms with E-state index in [4.69, 9.17) is 0 Å². The molecule has 0 saturated heterocycles. The zero-order chi connectivity index (χ0) is 11.4. The van der Waals surface area contributed by atoms with E-state index in [-0.39, 0.29) is 5.69 Å². The average molecular weight is 229 g/mol. The Labute approximate surface area is 96.5 Å². The lowest BCUT2D eigenvalue weighted by Gasteiger charge is -1.90. The maximum Gasteiger partial charge on any atom is 0.269 e. The van der Waals surface area contributed by atoms with E-state index in [1.807, 2.05) is 17.5 Å². The molecule has 2 rings (SSSR count). The SMILES string of the molecule is O=[N+]([O-])c1ccc(C#Cc2cccs2)cc1. The van der Waals surface area contributed by atoms with Crippen LogP contribution in [-0.4, -0.2) is 4.92 Å². The highest BCUT2D eigenvalue weighted by molar-refractivity contribution is 7.10. The Bertz CT molecular complexity index is 547. The van der Waals surface area contributed by atoms with E-state index in [2.05, 4.69) is 11.8 Å². The van der Waals surface area contributed by atoms with Gasteiger partial charge in [0.2, 0.25) is 0 Å². The molecule has 78 valence electrons. The Morgan fingerprint density at radius 3 is 2.44 bits per heavy atom. The van der Waals surface area contributed by atoms with Gasteiger partial charge in [0, 0.05) is 17.7 Å². The average Bonchev–Trinajstić information content (AvgIpc) is 2.80. The van der Waals surface area contributed by atoms with Crippen LogP contribution in [-0.2, 0) is 0 Å². The number of hydrogen-bond acceptors (Lipinski definition) is 3. The molecule has 2 aromatic rings. The summed E-state index contributed by atoms with van der Waals surface area (Å²) >= 11 is 1.57. The first-order chi connectivity index (χ1) is 7.75. The van der Waals surface area contributed by atoms with Crippen LogP contribution in [0.4, 0.5) is 5.69 Å². The van der Waals surface area contributed by atoms with E-state index in [1.165, 1.54) is 12.1 Å². The number of nitro benzene ring substituents is 1. The van der Waals surface area contributed by atoms with Crippen molar-refractivity contribution in [2.75, 3.05) is 0 Å². The molecule has 0 bridgehead atoms. The fourth-order valence-electron chi connectivity index (χ4n) is 1.15. The maximum atomic E-state index is 10.4. The van der Waals surface area contributed by atoms with Gasteiger partial charge in [0.05, 0.1) is 9.80 Å². The molecule has 0 aliphatic rings. The lowest BCUT2D eigenvalue weighted by Crippen LogP contribution is -1.86. The van der Waals surface area contributed by atoms with Gasteiger partial charge in [0.15, 0.2) is 0 Å². The molecule has 0 aliphatic heterocycles. The van der Waals surface area contributed by atoms with Crippen LogP contribution < -0.4 is 0 Å². The number of benzene rings is 1. The van der Waals surface area contributed by atoms with Crippen LogP contribution >= 0.6 is 11.3 Å². The van der Waals surface area contributed by atoms with E-state index in [0.29, 0.717) is 0 Å². The molecule has 4 heteroatoms. The van der Waals surface area contributed by atoms with Crippen molar-refractivity contribution < 1.29 is 4.92 Å². The molecule has 0 fully saturated rings. The van der Waals surface area contributed by atoms with Crippen molar-refractivity contribution in [1.29, 1.82) is 0 Å². The summed E-state index contributed by atoms with van der Waals surface area (Å²) in [5, 5.41) is 12.4. The summed E-state index contributed by atoms with van der Waals surface area (Å²) in [5.74, 6) is 5.94. The highest BCUT2D eigenvalue weighted by atomic mass is 32.1. The van der Waals surface area contributed by atoms with E-state index >= 15 is 0 Å². The largest absolute Gasteiger partial charge is 0.269 e. The smallest absolute Gasteiger partial charge is 0.258 e. The van der Waals surface area contributed by atoms with Crippen LogP contribution in [0, 0.1) is 22.0 Å². The Morgan fingerprint density at radius 2 is 1.88 bits per heavy atom. The molecule has 0 N–H and O–H groups in total. The standard InChI is InChI=1S/C12H7NO2S/c14-13(15)11-6-3-10(4-7-11)5-8-12-2-1-9-16-12/h1-4,6-7,9H. The molecule has 1 aromatic carbocycles. The molecule has 16 heavy (non-hydrogen) atoms. The van der Waals surface area contributed by atoms with Gasteiger partial charge in [-0.3, -0.25) is 10.1 Å². The van der Waals surface area contributed by atoms with E-state index in [0.717, 1.165) is 10.4 Å². The summed E-state index contributed by atoms with van der Waals surface area (Å²) in [6.07, 6.45) is 0. The predicted molar refractivity (Wildman–Crippen MR) is 63.4 cm³/mol. The molecular formula is C12H7NO2S. The Morgan fingerprint density at radius 1 is 1.12 bits per heavy atom. The summed E-state index contributed by atoms with van der Waals surface area (Å²) in [5.41, 5.74) is 0.862. The topological polar surface area (TPSA) is 43.1 Å². The minimum atomic E-state index is -0.420. The van der Waals surface area contributed by atoms with Gasteiger partial charge in [0.1, 0.15) is 0 Å². The van der Waals surface area contributed by atoms with Gasteiger partial charge in [-0.1, -0.05) is 17.9 Å². The number of nitro groups is 1. The number of rotatable bonds is 1. The first-order valence-corrected chi connectivity index (χ1v) is 5.43. The lowest BCUT2D eigenvalue weighted by molar-refractivity contribution is -0.384. The number of non-ortho nitro benzene ring substituents is 1. The molecule has 1 aromatic heterocycles. The third kappa shape index (κ3) is 2.47. The molecule has 0 atom stereocenters. The number of nitrogens with zero attached hydrogens (tertiary/aromatic N) is 1. The minimum Gasteiger partial charge on any atom is -0.258 e. The normalized spacial score (nSPS) is 9.25. The number of hydrogen-bond donors (Lipinski definition) is 0. The van der Waals surface area contributed by atoms with Crippen LogP contribution in [0.1, 0.15) is 10.4 Å². The fraction of sp³-hybridized carbons (Fsp3) is 0. The zero-order valence-electron chi connectivity index (χ0n) is 8.21. The highest BCUT2D eigenvalue weighted by Gasteiger charge is 2.02. The molecule has 1 heterocycles. The summed E-state index contributed by atoms with van der Waals surface area (Å²) in [6, 6.07) is 10.1. The molecule has 0 amide bonds. The summed E-state index contributed by atoms with van der Waals surface area (Å²) in [7, 11) is 0. The van der Waals surface area contributed by atoms with Gasteiger partial charge in [-0.2, -0.15) is 0 Å². The quantitative estimate of drug-likeness (QED) is 0.428. The second-order valence-corrected chi connectivity index (χ2v) is 3.98. The lowest BCUT2D eigenvalue weighted by atomic mass is 10.2. The van der Waals surface area contributed by atoms with Crippen molar-refractivity contribution in [3.63, 3.8) is 0 Å². The Hall–Kier alpha value is -2.12. The van der Waals surface area contributed by atoms with Crippen molar-refractivity contribution >= 4 is 17.0 Å². The Balaban J connectivity index is 2.20. The third-order valence-corrected chi connectivity index (χ3v) is 2.71. The minimum absolute atomic E-state index is 0.0849. The summed E-state index contributed by atoms with van der Waals surface area (Å²) in [4.78, 5) is 11.0. The van der Waals surface area contributed by atoms with Gasteiger partial charge in [-0.05, 0) is 23.6 Å². The molecule has 0 spiro atoms. The van der Waals surface area contributed by atoms with Gasteiger partial charge in [-0.25, -0.2) is 0 Å². The van der Waals surface area contributed by atoms with Crippen molar-refractivity contribution in [1.82, 2.24) is 0 Å². The van der Waals surface area contributed by atoms with Crippen LogP contribution in [0.15, 0.2) is 41.8 Å². The van der Waals surface area contributed by atoms with Gasteiger partial charge >= 0.3 is 0 Å². The molecular weight excluding hydrogens is 222 g/mol. The van der Waals surface area contributed by atoms with Crippen molar-refractivity contribution in [2.45, 2.75) is 0 Å². The van der Waals surface area contributed by atoms with Crippen molar-refractivity contribution in [2.24, 2.45) is 0 Å². The van der Waals surface area contributed by atoms with Gasteiger partial charge in [-0.15, -0.1) is 11.3 Å². The second-order valence-electron chi connectivity index (χ2n) is 3.03. The first-order valence-electron chi connectivity index (χ1n) is 4.56. The van der Waals surface area contributed by atoms with E-state index < -0.39 is 4.92 Å². The van der Waals surface area contributed by atoms with Gasteiger partial charge in [0.25, 0.3) is 5.69 Å². The molecule has 0 radical (unpaired) electrons. The van der Waals surface area contributed by atoms with E-state index in [1.54, 1.807) is 23.5 Å². The summed E-state index contributed by atoms with van der Waals surface area (Å²) in [6.45, 7) is 0. The van der Waals surface area contributed by atoms with Crippen LogP contribution in [0.25, 0.3) is 0 Å². The number of thiophene rings is 1. The molecule has 0 aliphatic carbocycles. The molecule has 0 saturated carbocycles. The third-order valence-electron chi connectivity index (χ3n) is 1.93. The van der Waals surface area contributed by atoms with E-state index in [9.17, 15) is 10.1 Å². The fourth-order valence-corrected chi connectivity index (χ4v) is 1.72. The van der Waals surface area contributed by atoms with Crippen LogP contribution in [0.3, 0.4) is 0 Å². The molecule has 0 unspecified atom stereocenters. The zero-order valence-corrected chi connectivity index (χ0v) is 9.03. The Kier molecular flexibility index (Phi) is 2.99. The van der Waals surface area contributed by atoms with Crippen LogP contribution in [0.5, 0.6) is 0 Å². The van der Waals surface area contributed by atoms with Crippen molar-refractivity contribution in [3.05, 3.63) is 62.3 Å². The monoisotopic (exact) mass is 229 g/mol. The summed E-state index contributed by atoms with van der Waals surface area (Å²) < 4.78 is 0. The molecule has 3 nitrogen and oxygen atoms in total. The first kappa shape index (κ1) is 10.4. The van der Waals surface area contributed by atoms with Gasteiger partial charge < -0.3 is 0 Å². The van der Waals surface area contributed by atoms with Crippen molar-refractivity contribution in [3.8, 4) is 11.8 Å². The maximum absolute atomic E-state index is 10.4. The van der Waals surface area contributed by atoms with Crippen LogP contribution in [0.2, 0.25) is 0 Å². The second kappa shape index (κ2) is 4.60.